The summed E-state index contributed by atoms with van der Waals surface area (Å²) in [6.07, 6.45) is 2.15. The van der Waals surface area contributed by atoms with Gasteiger partial charge in [0.25, 0.3) is 11.8 Å². The van der Waals surface area contributed by atoms with Crippen LogP contribution in [0.5, 0.6) is 0 Å². The summed E-state index contributed by atoms with van der Waals surface area (Å²) < 4.78 is 4.88. The predicted molar refractivity (Wildman–Crippen MR) is 159 cm³/mol. The summed E-state index contributed by atoms with van der Waals surface area (Å²) in [5.74, 6) is -2.11. The quantitative estimate of drug-likeness (QED) is 0.155. The van der Waals surface area contributed by atoms with Crippen LogP contribution in [0.2, 0.25) is 10.0 Å². The van der Waals surface area contributed by atoms with Crippen molar-refractivity contribution < 1.29 is 23.9 Å². The molecule has 1 atom stereocenters. The average molecular weight is 592 g/mol. The maximum atomic E-state index is 13.3. The Hall–Kier alpha value is -4.27. The van der Waals surface area contributed by atoms with Crippen LogP contribution in [0.4, 0.5) is 5.69 Å². The fourth-order valence-electron chi connectivity index (χ4n) is 4.49. The molecule has 1 aliphatic heterocycles. The van der Waals surface area contributed by atoms with Gasteiger partial charge < -0.3 is 20.4 Å². The lowest BCUT2D eigenvalue weighted by Crippen LogP contribution is -2.43. The number of halogens is 2. The molecule has 0 unspecified atom stereocenters. The van der Waals surface area contributed by atoms with Crippen LogP contribution in [-0.2, 0) is 20.7 Å². The topological polar surface area (TPSA) is 117 Å². The Bertz CT molecular complexity index is 1580. The normalized spacial score (nSPS) is 14.5. The number of esters is 1. The van der Waals surface area contributed by atoms with Crippen LogP contribution in [0.15, 0.2) is 66.2 Å². The Kier molecular flexibility index (Phi) is 9.05. The van der Waals surface area contributed by atoms with Crippen LogP contribution < -0.4 is 10.2 Å². The number of Topliss-reactive ketones (excluding diaryl/α,β-unsaturated/α-hetero) is 1. The first-order valence-electron chi connectivity index (χ1n) is 12.7. The lowest BCUT2D eigenvalue weighted by atomic mass is 9.91. The van der Waals surface area contributed by atoms with E-state index in [2.05, 4.69) is 5.32 Å². The van der Waals surface area contributed by atoms with E-state index in [1.54, 1.807) is 55.6 Å². The van der Waals surface area contributed by atoms with Gasteiger partial charge in [-0.25, -0.2) is 4.79 Å². The van der Waals surface area contributed by atoms with Gasteiger partial charge in [-0.05, 0) is 53.5 Å². The summed E-state index contributed by atoms with van der Waals surface area (Å²) >= 11 is 12.3. The number of carbonyl (C=O) groups is 4. The third-order valence-corrected chi connectivity index (χ3v) is 7.43. The highest BCUT2D eigenvalue weighted by Gasteiger charge is 2.33. The number of ketones is 1. The van der Waals surface area contributed by atoms with Crippen molar-refractivity contribution in [3.8, 4) is 0 Å². The van der Waals surface area contributed by atoms with E-state index in [4.69, 9.17) is 33.3 Å². The largest absolute Gasteiger partial charge is 0.467 e. The standard InChI is InChI=1S/C31H27Cl2N3O5/c1-4-24(34)19-12-13-26-20(16-19)28(37)21(30(39)36(26)2)14-17-8-10-18(11-9-17)15-25(31(40)41-3)35-29(38)27-22(32)6-5-7-23(27)33/h5-14,16,25,34H,4,15H2,1-3H3,(H,35,38)/b21-14-,34-24?/t25-/m0/s1. The van der Waals surface area contributed by atoms with Crippen molar-refractivity contribution in [3.05, 3.63) is 104 Å². The zero-order valence-corrected chi connectivity index (χ0v) is 24.1. The minimum Gasteiger partial charge on any atom is -0.467 e. The van der Waals surface area contributed by atoms with Gasteiger partial charge in [0.2, 0.25) is 5.78 Å². The summed E-state index contributed by atoms with van der Waals surface area (Å²) in [6, 6.07) is 15.6. The summed E-state index contributed by atoms with van der Waals surface area (Å²) in [6.45, 7) is 1.87. The zero-order valence-electron chi connectivity index (χ0n) is 22.6. The molecule has 8 nitrogen and oxygen atoms in total. The van der Waals surface area contributed by atoms with Gasteiger partial charge >= 0.3 is 5.97 Å². The highest BCUT2D eigenvalue weighted by molar-refractivity contribution is 6.39. The summed E-state index contributed by atoms with van der Waals surface area (Å²) in [5, 5.41) is 11.0. The molecule has 3 aromatic rings. The van der Waals surface area contributed by atoms with Gasteiger partial charge in [-0.3, -0.25) is 14.4 Å². The Morgan fingerprint density at radius 1 is 1.05 bits per heavy atom. The number of amides is 2. The van der Waals surface area contributed by atoms with Crippen molar-refractivity contribution >= 4 is 64.2 Å². The number of fused-ring (bicyclic) bond motifs is 1. The van der Waals surface area contributed by atoms with E-state index < -0.39 is 29.6 Å². The molecule has 1 heterocycles. The number of anilines is 1. The SMILES string of the molecule is CCC(=N)c1ccc2c(c1)C(=O)/C(=C/c1ccc(C[C@H](NC(=O)c3c(Cl)cccc3Cl)C(=O)OC)cc1)C(=O)N2C. The molecule has 0 bridgehead atoms. The molecule has 0 radical (unpaired) electrons. The third-order valence-electron chi connectivity index (χ3n) is 6.80. The first-order valence-corrected chi connectivity index (χ1v) is 13.5. The number of benzene rings is 3. The smallest absolute Gasteiger partial charge is 0.328 e. The van der Waals surface area contributed by atoms with E-state index in [0.717, 1.165) is 0 Å². The second kappa shape index (κ2) is 12.5. The number of nitrogens with one attached hydrogen (secondary N) is 2. The number of rotatable bonds is 8. The van der Waals surface area contributed by atoms with Crippen LogP contribution in [0.3, 0.4) is 0 Å². The maximum absolute atomic E-state index is 13.3. The van der Waals surface area contributed by atoms with Gasteiger partial charge in [-0.2, -0.15) is 0 Å². The molecule has 4 rings (SSSR count). The van der Waals surface area contributed by atoms with Gasteiger partial charge in [0.05, 0.1) is 34.0 Å². The molecular weight excluding hydrogens is 565 g/mol. The van der Waals surface area contributed by atoms with E-state index in [-0.39, 0.29) is 27.6 Å². The van der Waals surface area contributed by atoms with Crippen molar-refractivity contribution in [2.45, 2.75) is 25.8 Å². The van der Waals surface area contributed by atoms with Crippen molar-refractivity contribution in [1.82, 2.24) is 5.32 Å². The van der Waals surface area contributed by atoms with Gasteiger partial charge in [0.1, 0.15) is 6.04 Å². The van der Waals surface area contributed by atoms with E-state index in [9.17, 15) is 19.2 Å². The van der Waals surface area contributed by atoms with E-state index in [1.165, 1.54) is 30.2 Å². The Labute approximate surface area is 247 Å². The minimum absolute atomic E-state index is 0.00393. The fourth-order valence-corrected chi connectivity index (χ4v) is 5.06. The van der Waals surface area contributed by atoms with Gasteiger partial charge in [0, 0.05) is 24.7 Å². The zero-order chi connectivity index (χ0) is 29.8. The van der Waals surface area contributed by atoms with Crippen LogP contribution in [0.25, 0.3) is 6.08 Å². The highest BCUT2D eigenvalue weighted by Crippen LogP contribution is 2.31. The van der Waals surface area contributed by atoms with Crippen LogP contribution in [0, 0.1) is 5.41 Å². The number of likely N-dealkylation sites (N-methyl/N-ethyl adjacent to an activating group) is 1. The van der Waals surface area contributed by atoms with Crippen molar-refractivity contribution in [3.63, 3.8) is 0 Å². The first kappa shape index (κ1) is 29.7. The predicted octanol–water partition coefficient (Wildman–Crippen LogP) is 5.53. The lowest BCUT2D eigenvalue weighted by molar-refractivity contribution is -0.142. The second-order valence-corrected chi connectivity index (χ2v) is 10.2. The van der Waals surface area contributed by atoms with Gasteiger partial charge in [-0.1, -0.05) is 66.5 Å². The van der Waals surface area contributed by atoms with E-state index in [1.807, 2.05) is 6.92 Å². The molecule has 0 saturated carbocycles. The summed E-state index contributed by atoms with van der Waals surface area (Å²) in [7, 11) is 2.83. The molecule has 0 fully saturated rings. The molecule has 41 heavy (non-hydrogen) atoms. The molecule has 1 aliphatic rings. The van der Waals surface area contributed by atoms with E-state index >= 15 is 0 Å². The average Bonchev–Trinajstić information content (AvgIpc) is 2.97. The van der Waals surface area contributed by atoms with E-state index in [0.29, 0.717) is 40.1 Å². The van der Waals surface area contributed by atoms with Crippen LogP contribution >= 0.6 is 23.2 Å². The molecule has 0 saturated heterocycles. The number of methoxy groups -OCH3 is 1. The monoisotopic (exact) mass is 591 g/mol. The number of hydrogen-bond donors (Lipinski definition) is 2. The molecule has 2 N–H and O–H groups in total. The highest BCUT2D eigenvalue weighted by atomic mass is 35.5. The van der Waals surface area contributed by atoms with Crippen molar-refractivity contribution in [2.75, 3.05) is 19.1 Å². The Morgan fingerprint density at radius 3 is 2.32 bits per heavy atom. The molecule has 0 aliphatic carbocycles. The summed E-state index contributed by atoms with van der Waals surface area (Å²) in [4.78, 5) is 53.1. The first-order chi connectivity index (χ1) is 19.5. The van der Waals surface area contributed by atoms with Crippen molar-refractivity contribution in [1.29, 1.82) is 5.41 Å². The minimum atomic E-state index is -1.02. The van der Waals surface area contributed by atoms with Crippen LogP contribution in [0.1, 0.15) is 50.8 Å². The molecule has 0 aromatic heterocycles. The summed E-state index contributed by atoms with van der Waals surface area (Å²) in [5.41, 5.74) is 3.24. The van der Waals surface area contributed by atoms with Gasteiger partial charge in [0.15, 0.2) is 0 Å². The fraction of sp³-hybridized carbons (Fsp3) is 0.194. The Morgan fingerprint density at radius 2 is 1.71 bits per heavy atom. The van der Waals surface area contributed by atoms with Crippen LogP contribution in [-0.4, -0.2) is 49.5 Å². The lowest BCUT2D eigenvalue weighted by Gasteiger charge is -2.27. The Balaban J connectivity index is 1.56. The van der Waals surface area contributed by atoms with Crippen molar-refractivity contribution in [2.24, 2.45) is 0 Å². The molecule has 3 aromatic carbocycles. The molecule has 10 heteroatoms. The van der Waals surface area contributed by atoms with Gasteiger partial charge in [-0.15, -0.1) is 0 Å². The number of hydrogen-bond acceptors (Lipinski definition) is 6. The third kappa shape index (κ3) is 6.24. The maximum Gasteiger partial charge on any atom is 0.328 e. The molecule has 0 spiro atoms. The molecule has 2 amide bonds. The molecular formula is C31H27Cl2N3O5. The second-order valence-electron chi connectivity index (χ2n) is 9.41. The number of ether oxygens (including phenoxy) is 1. The molecule has 210 valence electrons. The number of nitrogens with zero attached hydrogens (tertiary/aromatic N) is 1. The number of carbonyl (C=O) groups excluding carboxylic acids is 4.